The number of nitrogens with zero attached hydrogens (tertiary/aromatic N) is 4. The van der Waals surface area contributed by atoms with Gasteiger partial charge in [-0.05, 0) is 43.5 Å². The van der Waals surface area contributed by atoms with E-state index in [2.05, 4.69) is 41.9 Å². The maximum atomic E-state index is 11.9. The standard InChI is InChI=1S/C16H19N7O/c24-16(19-12-4-5-13-14(10-12)21-22-20-13)17-7-1-9-23-15(6-8-18-23)11-2-3-11/h4-6,8,10-11H,1-3,7,9H2,(H2,17,19,24)(H,20,21,22). The average Bonchev–Trinajstić information content (AvgIpc) is 3.13. The summed E-state index contributed by atoms with van der Waals surface area (Å²) in [5.41, 5.74) is 3.50. The molecule has 1 aliphatic rings. The van der Waals surface area contributed by atoms with E-state index in [1.54, 1.807) is 12.1 Å². The minimum Gasteiger partial charge on any atom is -0.338 e. The molecule has 3 aromatic rings. The summed E-state index contributed by atoms with van der Waals surface area (Å²) in [6.07, 6.45) is 5.23. The van der Waals surface area contributed by atoms with Crippen LogP contribution in [-0.4, -0.2) is 37.8 Å². The van der Waals surface area contributed by atoms with Crippen LogP contribution in [0.25, 0.3) is 11.0 Å². The Balaban J connectivity index is 1.23. The number of nitrogens with one attached hydrogen (secondary N) is 3. The second-order valence-corrected chi connectivity index (χ2v) is 6.02. The Morgan fingerprint density at radius 2 is 2.12 bits per heavy atom. The van der Waals surface area contributed by atoms with Crippen molar-refractivity contribution < 1.29 is 4.79 Å². The lowest BCUT2D eigenvalue weighted by Crippen LogP contribution is -2.30. The van der Waals surface area contributed by atoms with Crippen molar-refractivity contribution in [3.8, 4) is 0 Å². The minimum absolute atomic E-state index is 0.222. The van der Waals surface area contributed by atoms with Gasteiger partial charge >= 0.3 is 6.03 Å². The third-order valence-electron chi connectivity index (χ3n) is 4.15. The van der Waals surface area contributed by atoms with Crippen LogP contribution in [0.3, 0.4) is 0 Å². The Morgan fingerprint density at radius 1 is 1.25 bits per heavy atom. The second-order valence-electron chi connectivity index (χ2n) is 6.02. The van der Waals surface area contributed by atoms with E-state index in [9.17, 15) is 4.79 Å². The van der Waals surface area contributed by atoms with Crippen LogP contribution in [0.1, 0.15) is 30.9 Å². The van der Waals surface area contributed by atoms with Crippen molar-refractivity contribution in [3.05, 3.63) is 36.2 Å². The van der Waals surface area contributed by atoms with E-state index in [-0.39, 0.29) is 6.03 Å². The molecule has 124 valence electrons. The first-order valence-electron chi connectivity index (χ1n) is 8.17. The van der Waals surface area contributed by atoms with Crippen molar-refractivity contribution in [2.75, 3.05) is 11.9 Å². The van der Waals surface area contributed by atoms with Crippen LogP contribution < -0.4 is 10.6 Å². The maximum Gasteiger partial charge on any atom is 0.319 e. The molecule has 2 heterocycles. The molecule has 0 radical (unpaired) electrons. The third-order valence-corrected chi connectivity index (χ3v) is 4.15. The van der Waals surface area contributed by atoms with Crippen LogP contribution >= 0.6 is 0 Å². The molecule has 0 bridgehead atoms. The summed E-state index contributed by atoms with van der Waals surface area (Å²) in [6, 6.07) is 7.27. The number of aryl methyl sites for hydroxylation is 1. The van der Waals surface area contributed by atoms with E-state index < -0.39 is 0 Å². The predicted molar refractivity (Wildman–Crippen MR) is 89.7 cm³/mol. The fourth-order valence-corrected chi connectivity index (χ4v) is 2.78. The molecular formula is C16H19N7O. The van der Waals surface area contributed by atoms with Crippen LogP contribution in [-0.2, 0) is 6.54 Å². The molecule has 0 atom stereocenters. The van der Waals surface area contributed by atoms with Gasteiger partial charge < -0.3 is 10.6 Å². The molecule has 8 nitrogen and oxygen atoms in total. The van der Waals surface area contributed by atoms with Gasteiger partial charge in [0.05, 0.1) is 0 Å². The van der Waals surface area contributed by atoms with Gasteiger partial charge in [-0.2, -0.15) is 20.5 Å². The number of urea groups is 1. The largest absolute Gasteiger partial charge is 0.338 e. The summed E-state index contributed by atoms with van der Waals surface area (Å²) >= 11 is 0. The second kappa shape index (κ2) is 6.31. The summed E-state index contributed by atoms with van der Waals surface area (Å²) < 4.78 is 2.05. The van der Waals surface area contributed by atoms with E-state index in [1.807, 2.05) is 12.3 Å². The molecule has 2 aromatic heterocycles. The van der Waals surface area contributed by atoms with Gasteiger partial charge in [-0.1, -0.05) is 0 Å². The van der Waals surface area contributed by atoms with Gasteiger partial charge in [0.1, 0.15) is 11.0 Å². The number of aromatic amines is 1. The lowest BCUT2D eigenvalue weighted by molar-refractivity contribution is 0.251. The fraction of sp³-hybridized carbons (Fsp3) is 0.375. The van der Waals surface area contributed by atoms with Gasteiger partial charge in [0, 0.05) is 36.6 Å². The number of H-pyrrole nitrogens is 1. The van der Waals surface area contributed by atoms with Crippen LogP contribution in [0.4, 0.5) is 10.5 Å². The molecular weight excluding hydrogens is 306 g/mol. The van der Waals surface area contributed by atoms with Gasteiger partial charge in [-0.25, -0.2) is 4.79 Å². The maximum absolute atomic E-state index is 11.9. The highest BCUT2D eigenvalue weighted by Crippen LogP contribution is 2.39. The van der Waals surface area contributed by atoms with Crippen molar-refractivity contribution in [1.29, 1.82) is 0 Å². The van der Waals surface area contributed by atoms with Gasteiger partial charge in [0.15, 0.2) is 0 Å². The Kier molecular flexibility index (Phi) is 3.86. The quantitative estimate of drug-likeness (QED) is 0.605. The number of aromatic nitrogens is 5. The Bertz CT molecular complexity index is 849. The van der Waals surface area contributed by atoms with Gasteiger partial charge in [0.25, 0.3) is 0 Å². The number of rotatable bonds is 6. The minimum atomic E-state index is -0.222. The molecule has 0 unspecified atom stereocenters. The molecule has 1 saturated carbocycles. The zero-order valence-corrected chi connectivity index (χ0v) is 13.2. The SMILES string of the molecule is O=C(NCCCn1nccc1C1CC1)Nc1ccc2n[nH]nc2c1. The van der Waals surface area contributed by atoms with E-state index >= 15 is 0 Å². The molecule has 1 aromatic carbocycles. The number of carbonyl (C=O) groups excluding carboxylic acids is 1. The lowest BCUT2D eigenvalue weighted by atomic mass is 10.3. The van der Waals surface area contributed by atoms with Crippen LogP contribution in [0, 0.1) is 0 Å². The van der Waals surface area contributed by atoms with E-state index in [0.717, 1.165) is 24.0 Å². The van der Waals surface area contributed by atoms with Crippen LogP contribution in [0.2, 0.25) is 0 Å². The first kappa shape index (κ1) is 14.7. The number of fused-ring (bicyclic) bond motifs is 1. The molecule has 1 aliphatic carbocycles. The number of carbonyl (C=O) groups is 1. The first-order chi connectivity index (χ1) is 11.8. The summed E-state index contributed by atoms with van der Waals surface area (Å²) in [4.78, 5) is 11.9. The molecule has 1 fully saturated rings. The normalized spacial score (nSPS) is 14.0. The predicted octanol–water partition coefficient (Wildman–Crippen LogP) is 2.24. The highest BCUT2D eigenvalue weighted by molar-refractivity contribution is 5.91. The van der Waals surface area contributed by atoms with Crippen molar-refractivity contribution in [3.63, 3.8) is 0 Å². The molecule has 0 saturated heterocycles. The van der Waals surface area contributed by atoms with Gasteiger partial charge in [0.2, 0.25) is 0 Å². The number of hydrogen-bond donors (Lipinski definition) is 3. The topological polar surface area (TPSA) is 101 Å². The number of amides is 2. The van der Waals surface area contributed by atoms with Crippen molar-refractivity contribution in [1.82, 2.24) is 30.5 Å². The van der Waals surface area contributed by atoms with Crippen molar-refractivity contribution >= 4 is 22.8 Å². The van der Waals surface area contributed by atoms with Crippen molar-refractivity contribution in [2.45, 2.75) is 31.7 Å². The highest BCUT2D eigenvalue weighted by Gasteiger charge is 2.26. The van der Waals surface area contributed by atoms with Crippen LogP contribution in [0.15, 0.2) is 30.5 Å². The lowest BCUT2D eigenvalue weighted by Gasteiger charge is -2.09. The summed E-state index contributed by atoms with van der Waals surface area (Å²) in [7, 11) is 0. The zero-order valence-electron chi connectivity index (χ0n) is 13.2. The Morgan fingerprint density at radius 3 is 3.00 bits per heavy atom. The summed E-state index contributed by atoms with van der Waals surface area (Å²) in [5, 5.41) is 20.6. The number of anilines is 1. The first-order valence-corrected chi connectivity index (χ1v) is 8.17. The van der Waals surface area contributed by atoms with E-state index in [0.29, 0.717) is 18.2 Å². The summed E-state index contributed by atoms with van der Waals surface area (Å²) in [5.74, 6) is 0.690. The molecule has 3 N–H and O–H groups in total. The van der Waals surface area contributed by atoms with Gasteiger partial charge in [-0.3, -0.25) is 4.68 Å². The average molecular weight is 325 g/mol. The number of hydrogen-bond acceptors (Lipinski definition) is 4. The highest BCUT2D eigenvalue weighted by atomic mass is 16.2. The van der Waals surface area contributed by atoms with Gasteiger partial charge in [-0.15, -0.1) is 0 Å². The molecule has 24 heavy (non-hydrogen) atoms. The zero-order chi connectivity index (χ0) is 16.4. The molecule has 8 heteroatoms. The molecule has 2 amide bonds. The Hall–Kier alpha value is -2.90. The van der Waals surface area contributed by atoms with E-state index in [1.165, 1.54) is 18.5 Å². The van der Waals surface area contributed by atoms with E-state index in [4.69, 9.17) is 0 Å². The van der Waals surface area contributed by atoms with Crippen molar-refractivity contribution in [2.24, 2.45) is 0 Å². The third kappa shape index (κ3) is 3.22. The molecule has 4 rings (SSSR count). The number of benzene rings is 1. The summed E-state index contributed by atoms with van der Waals surface area (Å²) in [6.45, 7) is 1.42. The monoisotopic (exact) mass is 325 g/mol. The fourth-order valence-electron chi connectivity index (χ4n) is 2.78. The molecule has 0 aliphatic heterocycles. The smallest absolute Gasteiger partial charge is 0.319 e. The molecule has 0 spiro atoms. The van der Waals surface area contributed by atoms with Crippen LogP contribution in [0.5, 0.6) is 0 Å². The Labute approximate surface area is 138 Å².